The van der Waals surface area contributed by atoms with Crippen LogP contribution in [0.3, 0.4) is 0 Å². The predicted molar refractivity (Wildman–Crippen MR) is 192 cm³/mol. The Balaban J connectivity index is 3.25. The van der Waals surface area contributed by atoms with Gasteiger partial charge in [-0.2, -0.15) is 0 Å². The van der Waals surface area contributed by atoms with Crippen LogP contribution >= 0.6 is 7.82 Å². The molecule has 8 nitrogen and oxygen atoms in total. The van der Waals surface area contributed by atoms with Crippen molar-refractivity contribution in [2.75, 3.05) is 26.4 Å². The van der Waals surface area contributed by atoms with Crippen LogP contribution in [0.2, 0.25) is 0 Å². The number of hydrogen-bond donors (Lipinski definition) is 3. The third kappa shape index (κ3) is 36.3. The van der Waals surface area contributed by atoms with Gasteiger partial charge in [0.2, 0.25) is 0 Å². The first-order valence-corrected chi connectivity index (χ1v) is 21.1. The van der Waals surface area contributed by atoms with Crippen molar-refractivity contribution in [3.63, 3.8) is 0 Å². The van der Waals surface area contributed by atoms with Crippen molar-refractivity contribution in [2.45, 2.75) is 206 Å². The second-order valence-electron chi connectivity index (χ2n) is 13.4. The smallest absolute Gasteiger partial charge is 0.463 e. The Morgan fingerprint density at radius 1 is 0.565 bits per heavy atom. The first kappa shape index (κ1) is 45.5. The Kier molecular flexibility index (Phi) is 35.4. The highest BCUT2D eigenvalue weighted by atomic mass is 31.2. The lowest BCUT2D eigenvalue weighted by atomic mass is 10.0. The van der Waals surface area contributed by atoms with Gasteiger partial charge in [-0.1, -0.05) is 187 Å². The van der Waals surface area contributed by atoms with E-state index in [-0.39, 0.29) is 25.7 Å². The molecule has 0 heterocycles. The second-order valence-corrected chi connectivity index (χ2v) is 14.8. The molecule has 0 aromatic carbocycles. The van der Waals surface area contributed by atoms with Gasteiger partial charge in [-0.05, 0) is 6.42 Å². The summed E-state index contributed by atoms with van der Waals surface area (Å²) in [5.74, 6) is -0.379. The Morgan fingerprint density at radius 2 is 0.891 bits per heavy atom. The zero-order valence-electron chi connectivity index (χ0n) is 30.1. The van der Waals surface area contributed by atoms with Crippen molar-refractivity contribution in [2.24, 2.45) is 5.73 Å². The maximum atomic E-state index is 11.8. The summed E-state index contributed by atoms with van der Waals surface area (Å²) in [7, 11) is -4.25. The number of phosphoric acid groups is 1. The molecule has 2 unspecified atom stereocenters. The van der Waals surface area contributed by atoms with Gasteiger partial charge in [-0.3, -0.25) is 13.8 Å². The van der Waals surface area contributed by atoms with Gasteiger partial charge in [0.15, 0.2) is 0 Å². The van der Waals surface area contributed by atoms with Gasteiger partial charge >= 0.3 is 13.8 Å². The highest BCUT2D eigenvalue weighted by Crippen LogP contribution is 2.42. The zero-order valence-corrected chi connectivity index (χ0v) is 31.0. The van der Waals surface area contributed by atoms with Gasteiger partial charge in [0, 0.05) is 13.0 Å². The first-order valence-electron chi connectivity index (χ1n) is 19.6. The standard InChI is InChI=1S/C37H76NO7P/c1-2-3-4-5-6-7-8-9-10-11-12-13-14-15-16-17-18-19-20-21-22-23-24-25-26-27-28-29-30-31-37(40)43-34-36(39)35-45-46(41,42)44-33-32-38/h36,39H,2-35,38H2,1H3,(H,41,42). The number of carbonyl (C=O) groups excluding carboxylic acids is 1. The highest BCUT2D eigenvalue weighted by Gasteiger charge is 2.22. The van der Waals surface area contributed by atoms with Crippen LogP contribution in [-0.2, 0) is 23.1 Å². The number of phosphoric ester groups is 1. The maximum absolute atomic E-state index is 11.8. The van der Waals surface area contributed by atoms with Crippen LogP contribution in [0.25, 0.3) is 0 Å². The van der Waals surface area contributed by atoms with Crippen molar-refractivity contribution in [3.8, 4) is 0 Å². The third-order valence-electron chi connectivity index (χ3n) is 8.72. The van der Waals surface area contributed by atoms with Crippen molar-refractivity contribution < 1.29 is 33.1 Å². The van der Waals surface area contributed by atoms with Gasteiger partial charge in [-0.15, -0.1) is 0 Å². The molecular formula is C37H76NO7P. The molecule has 0 saturated heterocycles. The highest BCUT2D eigenvalue weighted by molar-refractivity contribution is 7.47. The fourth-order valence-corrected chi connectivity index (χ4v) is 6.58. The molecule has 0 aliphatic carbocycles. The summed E-state index contributed by atoms with van der Waals surface area (Å²) in [6, 6.07) is 0. The van der Waals surface area contributed by atoms with E-state index in [0.717, 1.165) is 19.3 Å². The molecule has 46 heavy (non-hydrogen) atoms. The predicted octanol–water partition coefficient (Wildman–Crippen LogP) is 10.7. The van der Waals surface area contributed by atoms with Crippen LogP contribution in [0.1, 0.15) is 200 Å². The largest absolute Gasteiger partial charge is 0.472 e. The summed E-state index contributed by atoms with van der Waals surface area (Å²) in [6.45, 7) is 1.49. The van der Waals surface area contributed by atoms with E-state index in [9.17, 15) is 19.4 Å². The summed E-state index contributed by atoms with van der Waals surface area (Å²) >= 11 is 0. The van der Waals surface area contributed by atoms with Gasteiger partial charge in [0.1, 0.15) is 12.7 Å². The van der Waals surface area contributed by atoms with E-state index in [1.165, 1.54) is 167 Å². The molecule has 0 amide bonds. The van der Waals surface area contributed by atoms with E-state index in [2.05, 4.69) is 16.0 Å². The van der Waals surface area contributed by atoms with Crippen LogP contribution in [0, 0.1) is 0 Å². The van der Waals surface area contributed by atoms with Gasteiger partial charge in [0.25, 0.3) is 0 Å². The molecular weight excluding hydrogens is 601 g/mol. The Morgan fingerprint density at radius 3 is 1.22 bits per heavy atom. The van der Waals surface area contributed by atoms with Crippen molar-refractivity contribution in [3.05, 3.63) is 0 Å². The zero-order chi connectivity index (χ0) is 33.8. The van der Waals surface area contributed by atoms with E-state index >= 15 is 0 Å². The number of ether oxygens (including phenoxy) is 1. The number of aliphatic hydroxyl groups is 1. The summed E-state index contributed by atoms with van der Waals surface area (Å²) in [4.78, 5) is 21.2. The molecule has 9 heteroatoms. The lowest BCUT2D eigenvalue weighted by molar-refractivity contribution is -0.147. The molecule has 276 valence electrons. The number of carbonyl (C=O) groups is 1. The number of nitrogens with two attached hydrogens (primary N) is 1. The Hall–Kier alpha value is -0.500. The molecule has 0 spiro atoms. The molecule has 0 radical (unpaired) electrons. The topological polar surface area (TPSA) is 128 Å². The van der Waals surface area contributed by atoms with Crippen LogP contribution < -0.4 is 5.73 Å². The van der Waals surface area contributed by atoms with E-state index in [0.29, 0.717) is 6.42 Å². The third-order valence-corrected chi connectivity index (χ3v) is 9.71. The maximum Gasteiger partial charge on any atom is 0.472 e. The summed E-state index contributed by atoms with van der Waals surface area (Å²) in [5.41, 5.74) is 5.20. The fourth-order valence-electron chi connectivity index (χ4n) is 5.81. The van der Waals surface area contributed by atoms with Crippen LogP contribution in [-0.4, -0.2) is 48.4 Å². The van der Waals surface area contributed by atoms with E-state index in [1.54, 1.807) is 0 Å². The van der Waals surface area contributed by atoms with Gasteiger partial charge in [0.05, 0.1) is 13.2 Å². The van der Waals surface area contributed by atoms with Crippen molar-refractivity contribution >= 4 is 13.8 Å². The lowest BCUT2D eigenvalue weighted by Crippen LogP contribution is -2.23. The number of aliphatic hydroxyl groups excluding tert-OH is 1. The normalized spacial score (nSPS) is 13.6. The summed E-state index contributed by atoms with van der Waals surface area (Å²) in [6.07, 6.45) is 38.6. The van der Waals surface area contributed by atoms with Crippen molar-refractivity contribution in [1.82, 2.24) is 0 Å². The molecule has 0 bridgehead atoms. The molecule has 2 atom stereocenters. The Labute approximate surface area is 284 Å². The molecule has 0 rings (SSSR count). The minimum absolute atomic E-state index is 0.0772. The molecule has 0 aromatic rings. The first-order chi connectivity index (χ1) is 22.4. The SMILES string of the molecule is CCCCCCCCCCCCCCCCCCCCCCCCCCCCCCCC(=O)OCC(O)COP(=O)(O)OCCN. The monoisotopic (exact) mass is 678 g/mol. The molecule has 0 aliphatic rings. The average molecular weight is 678 g/mol. The van der Waals surface area contributed by atoms with Gasteiger partial charge < -0.3 is 20.5 Å². The fraction of sp³-hybridized carbons (Fsp3) is 0.973. The Bertz CT molecular complexity index is 682. The molecule has 0 aliphatic heterocycles. The number of hydrogen-bond acceptors (Lipinski definition) is 7. The van der Waals surface area contributed by atoms with Crippen LogP contribution in [0.5, 0.6) is 0 Å². The van der Waals surface area contributed by atoms with Crippen molar-refractivity contribution in [1.29, 1.82) is 0 Å². The average Bonchev–Trinajstić information content (AvgIpc) is 3.04. The summed E-state index contributed by atoms with van der Waals surface area (Å²) < 4.78 is 25.7. The van der Waals surface area contributed by atoms with E-state index in [1.807, 2.05) is 0 Å². The second kappa shape index (κ2) is 35.8. The lowest BCUT2D eigenvalue weighted by Gasteiger charge is -2.15. The minimum Gasteiger partial charge on any atom is -0.463 e. The van der Waals surface area contributed by atoms with E-state index < -0.39 is 20.5 Å². The van der Waals surface area contributed by atoms with Crippen LogP contribution in [0.15, 0.2) is 0 Å². The quantitative estimate of drug-likeness (QED) is 0.0334. The molecule has 0 aromatic heterocycles. The minimum atomic E-state index is -4.25. The molecule has 0 saturated carbocycles. The van der Waals surface area contributed by atoms with E-state index in [4.69, 9.17) is 10.5 Å². The molecule has 0 fully saturated rings. The van der Waals surface area contributed by atoms with Gasteiger partial charge in [-0.25, -0.2) is 4.57 Å². The number of esters is 1. The molecule has 4 N–H and O–H groups in total. The summed E-state index contributed by atoms with van der Waals surface area (Å²) in [5, 5.41) is 9.75. The van der Waals surface area contributed by atoms with Crippen LogP contribution in [0.4, 0.5) is 0 Å². The number of unbranched alkanes of at least 4 members (excludes halogenated alkanes) is 28. The number of rotatable bonds is 38.